The molecular weight excluding hydrogens is 248 g/mol. The molecule has 0 atom stereocenters. The second kappa shape index (κ2) is 5.55. The molecule has 1 aromatic rings. The van der Waals surface area contributed by atoms with E-state index in [2.05, 4.69) is 41.5 Å². The van der Waals surface area contributed by atoms with Crippen LogP contribution in [0.15, 0.2) is 0 Å². The molecule has 3 heteroatoms. The maximum atomic E-state index is 11.5. The van der Waals surface area contributed by atoms with Gasteiger partial charge in [0.2, 0.25) is 0 Å². The Hall–Kier alpha value is -1.38. The van der Waals surface area contributed by atoms with Crippen LogP contribution < -0.4 is 5.73 Å². The molecule has 0 aliphatic carbocycles. The van der Waals surface area contributed by atoms with Crippen LogP contribution in [0.25, 0.3) is 0 Å². The van der Waals surface area contributed by atoms with Crippen LogP contribution in [0.3, 0.4) is 0 Å². The molecule has 0 aromatic carbocycles. The lowest BCUT2D eigenvalue weighted by Crippen LogP contribution is -2.27. The van der Waals surface area contributed by atoms with Crippen molar-refractivity contribution in [2.45, 2.75) is 72.1 Å². The van der Waals surface area contributed by atoms with Gasteiger partial charge in [-0.05, 0) is 25.3 Å². The van der Waals surface area contributed by atoms with Gasteiger partial charge in [-0.25, -0.2) is 0 Å². The zero-order chi connectivity index (χ0) is 15.7. The smallest absolute Gasteiger partial charge is 0.152 e. The Morgan fingerprint density at radius 2 is 1.50 bits per heavy atom. The number of nitrogens with zero attached hydrogens (tertiary/aromatic N) is 1. The number of hydrogen-bond acceptors (Lipinski definition) is 3. The summed E-state index contributed by atoms with van der Waals surface area (Å²) in [6, 6.07) is 0. The molecule has 0 saturated carbocycles. The van der Waals surface area contributed by atoms with Gasteiger partial charge >= 0.3 is 0 Å². The van der Waals surface area contributed by atoms with Crippen molar-refractivity contribution in [3.63, 3.8) is 0 Å². The molecule has 0 fully saturated rings. The summed E-state index contributed by atoms with van der Waals surface area (Å²) in [6.07, 6.45) is 2.78. The highest BCUT2D eigenvalue weighted by atomic mass is 16.1. The molecule has 3 nitrogen and oxygen atoms in total. The second-order valence-electron chi connectivity index (χ2n) is 6.85. The number of pyridine rings is 1. The Morgan fingerprint density at radius 3 is 1.90 bits per heavy atom. The van der Waals surface area contributed by atoms with Crippen LogP contribution in [-0.4, -0.2) is 11.3 Å². The van der Waals surface area contributed by atoms with Crippen molar-refractivity contribution < 1.29 is 4.79 Å². The third-order valence-electron chi connectivity index (χ3n) is 4.71. The standard InChI is InChI=1S/C17H28N2O/c1-8-16(4,5)14-12(10-20)11(3)13(18)15(19-14)17(6,7)9-2/h10H,8-9,18H2,1-7H3. The van der Waals surface area contributed by atoms with E-state index in [1.54, 1.807) is 0 Å². The molecule has 1 aromatic heterocycles. The maximum absolute atomic E-state index is 11.5. The van der Waals surface area contributed by atoms with Crippen molar-refractivity contribution in [2.75, 3.05) is 5.73 Å². The lowest BCUT2D eigenvalue weighted by Gasteiger charge is -2.31. The van der Waals surface area contributed by atoms with Crippen molar-refractivity contribution in [1.29, 1.82) is 0 Å². The van der Waals surface area contributed by atoms with Crippen LogP contribution in [0.1, 0.15) is 81.7 Å². The zero-order valence-corrected chi connectivity index (χ0v) is 13.9. The summed E-state index contributed by atoms with van der Waals surface area (Å²) < 4.78 is 0. The van der Waals surface area contributed by atoms with Gasteiger partial charge in [0.1, 0.15) is 0 Å². The predicted octanol–water partition coefficient (Wildman–Crippen LogP) is 4.16. The Kier molecular flexibility index (Phi) is 4.62. The van der Waals surface area contributed by atoms with Crippen molar-refractivity contribution in [3.8, 4) is 0 Å². The average molecular weight is 276 g/mol. The molecule has 20 heavy (non-hydrogen) atoms. The first-order valence-corrected chi connectivity index (χ1v) is 7.38. The fraction of sp³-hybridized carbons (Fsp3) is 0.647. The van der Waals surface area contributed by atoms with E-state index in [4.69, 9.17) is 10.7 Å². The van der Waals surface area contributed by atoms with E-state index in [1.165, 1.54) is 0 Å². The SMILES string of the molecule is CCC(C)(C)c1nc(C(C)(C)CC)c(C=O)c(C)c1N. The quantitative estimate of drug-likeness (QED) is 0.821. The summed E-state index contributed by atoms with van der Waals surface area (Å²) in [4.78, 5) is 16.3. The highest BCUT2D eigenvalue weighted by Gasteiger charge is 2.31. The molecule has 112 valence electrons. The molecule has 0 aliphatic heterocycles. The molecule has 1 heterocycles. The van der Waals surface area contributed by atoms with Gasteiger partial charge < -0.3 is 5.73 Å². The molecule has 0 radical (unpaired) electrons. The fourth-order valence-corrected chi connectivity index (χ4v) is 2.24. The van der Waals surface area contributed by atoms with E-state index in [-0.39, 0.29) is 10.8 Å². The summed E-state index contributed by atoms with van der Waals surface area (Å²) in [7, 11) is 0. The molecule has 1 rings (SSSR count). The normalized spacial score (nSPS) is 12.6. The zero-order valence-electron chi connectivity index (χ0n) is 13.9. The minimum absolute atomic E-state index is 0.0885. The van der Waals surface area contributed by atoms with E-state index in [0.717, 1.165) is 36.1 Å². The van der Waals surface area contributed by atoms with Gasteiger partial charge in [0.25, 0.3) is 0 Å². The first-order valence-electron chi connectivity index (χ1n) is 7.38. The molecule has 2 N–H and O–H groups in total. The predicted molar refractivity (Wildman–Crippen MR) is 85.4 cm³/mol. The monoisotopic (exact) mass is 276 g/mol. The second-order valence-corrected chi connectivity index (χ2v) is 6.85. The first-order chi connectivity index (χ1) is 9.12. The third kappa shape index (κ3) is 2.72. The molecular formula is C17H28N2O. The van der Waals surface area contributed by atoms with Crippen LogP contribution in [0.5, 0.6) is 0 Å². The van der Waals surface area contributed by atoms with Gasteiger partial charge in [0.15, 0.2) is 6.29 Å². The lowest BCUT2D eigenvalue weighted by molar-refractivity contribution is 0.112. The fourth-order valence-electron chi connectivity index (χ4n) is 2.24. The Bertz CT molecular complexity index is 516. The van der Waals surface area contributed by atoms with Crippen molar-refractivity contribution in [3.05, 3.63) is 22.5 Å². The molecule has 0 spiro atoms. The molecule has 0 unspecified atom stereocenters. The van der Waals surface area contributed by atoms with Gasteiger partial charge in [-0.15, -0.1) is 0 Å². The topological polar surface area (TPSA) is 56.0 Å². The minimum Gasteiger partial charge on any atom is -0.397 e. The van der Waals surface area contributed by atoms with Crippen molar-refractivity contribution in [2.24, 2.45) is 0 Å². The summed E-state index contributed by atoms with van der Waals surface area (Å²) >= 11 is 0. The largest absolute Gasteiger partial charge is 0.397 e. The van der Waals surface area contributed by atoms with E-state index < -0.39 is 0 Å². The number of nitrogens with two attached hydrogens (primary N) is 1. The maximum Gasteiger partial charge on any atom is 0.152 e. The Labute approximate surface area is 123 Å². The average Bonchev–Trinajstić information content (AvgIpc) is 2.40. The van der Waals surface area contributed by atoms with Crippen molar-refractivity contribution in [1.82, 2.24) is 4.98 Å². The van der Waals surface area contributed by atoms with Crippen LogP contribution >= 0.6 is 0 Å². The number of carbonyl (C=O) groups is 1. The number of nitrogen functional groups attached to an aromatic ring is 1. The molecule has 0 aliphatic rings. The van der Waals surface area contributed by atoms with Crippen LogP contribution in [0.2, 0.25) is 0 Å². The number of carbonyl (C=O) groups excluding carboxylic acids is 1. The van der Waals surface area contributed by atoms with Gasteiger partial charge in [0, 0.05) is 16.4 Å². The van der Waals surface area contributed by atoms with Crippen LogP contribution in [0, 0.1) is 6.92 Å². The highest BCUT2D eigenvalue weighted by molar-refractivity contribution is 5.83. The number of aldehydes is 1. The van der Waals surface area contributed by atoms with E-state index in [1.807, 2.05) is 6.92 Å². The van der Waals surface area contributed by atoms with Gasteiger partial charge in [-0.3, -0.25) is 9.78 Å². The number of rotatable bonds is 5. The van der Waals surface area contributed by atoms with E-state index in [9.17, 15) is 4.79 Å². The van der Waals surface area contributed by atoms with E-state index >= 15 is 0 Å². The molecule has 0 saturated heterocycles. The lowest BCUT2D eigenvalue weighted by atomic mass is 9.79. The third-order valence-corrected chi connectivity index (χ3v) is 4.71. The van der Waals surface area contributed by atoms with Crippen molar-refractivity contribution >= 4 is 12.0 Å². The van der Waals surface area contributed by atoms with Gasteiger partial charge in [-0.1, -0.05) is 41.5 Å². The van der Waals surface area contributed by atoms with Crippen LogP contribution in [-0.2, 0) is 10.8 Å². The Morgan fingerprint density at radius 1 is 1.05 bits per heavy atom. The summed E-state index contributed by atoms with van der Waals surface area (Å²) in [5, 5.41) is 0. The number of anilines is 1. The van der Waals surface area contributed by atoms with E-state index in [0.29, 0.717) is 11.3 Å². The summed E-state index contributed by atoms with van der Waals surface area (Å²) in [6.45, 7) is 14.7. The molecule has 0 bridgehead atoms. The van der Waals surface area contributed by atoms with Gasteiger partial charge in [0.05, 0.1) is 17.1 Å². The number of aromatic nitrogens is 1. The minimum atomic E-state index is -0.132. The molecule has 0 amide bonds. The first kappa shape index (κ1) is 16.7. The summed E-state index contributed by atoms with van der Waals surface area (Å²) in [5.74, 6) is 0. The highest BCUT2D eigenvalue weighted by Crippen LogP contribution is 2.37. The summed E-state index contributed by atoms with van der Waals surface area (Å²) in [5.41, 5.74) is 10.0. The Balaban J connectivity index is 3.73. The number of hydrogen-bond donors (Lipinski definition) is 1. The van der Waals surface area contributed by atoms with Crippen LogP contribution in [0.4, 0.5) is 5.69 Å². The van der Waals surface area contributed by atoms with Gasteiger partial charge in [-0.2, -0.15) is 0 Å².